The molecule has 0 aliphatic heterocycles. The van der Waals surface area contributed by atoms with Gasteiger partial charge in [0.15, 0.2) is 0 Å². The van der Waals surface area contributed by atoms with E-state index in [4.69, 9.17) is 10.3 Å². The second-order valence-corrected chi connectivity index (χ2v) is 5.37. The lowest BCUT2D eigenvalue weighted by molar-refractivity contribution is 0.432. The monoisotopic (exact) mass is 295 g/mol. The summed E-state index contributed by atoms with van der Waals surface area (Å²) in [4.78, 5) is 12.8. The maximum atomic E-state index is 5.56. The Morgan fingerprint density at radius 1 is 1.05 bits per heavy atom. The number of nitrogens with two attached hydrogens (primary N) is 1. The van der Waals surface area contributed by atoms with Crippen LogP contribution in [0.2, 0.25) is 0 Å². The Balaban J connectivity index is 1.74. The van der Waals surface area contributed by atoms with Crippen molar-refractivity contribution in [2.45, 2.75) is 0 Å². The normalized spacial score (nSPS) is 11.0. The van der Waals surface area contributed by atoms with E-state index >= 15 is 0 Å². The van der Waals surface area contributed by atoms with Crippen LogP contribution >= 0.6 is 11.3 Å². The Hall–Kier alpha value is -2.80. The molecule has 4 aromatic rings. The Labute approximate surface area is 123 Å². The highest BCUT2D eigenvalue weighted by atomic mass is 32.1. The molecule has 0 bridgehead atoms. The van der Waals surface area contributed by atoms with Crippen molar-refractivity contribution in [3.05, 3.63) is 42.0 Å². The van der Waals surface area contributed by atoms with Gasteiger partial charge in [0.2, 0.25) is 5.82 Å². The van der Waals surface area contributed by atoms with E-state index in [9.17, 15) is 0 Å². The SMILES string of the molecule is Nc1ccc(-c2nc(-c3cnc4ccsc4c3)no2)cn1. The molecule has 0 radical (unpaired) electrons. The first kappa shape index (κ1) is 12.0. The molecule has 0 aliphatic carbocycles. The zero-order valence-corrected chi connectivity index (χ0v) is 11.5. The van der Waals surface area contributed by atoms with Crippen LogP contribution in [0.15, 0.2) is 46.6 Å². The van der Waals surface area contributed by atoms with Crippen molar-refractivity contribution < 1.29 is 4.52 Å². The Bertz CT molecular complexity index is 912. The fourth-order valence-corrected chi connectivity index (χ4v) is 2.74. The number of rotatable bonds is 2. The smallest absolute Gasteiger partial charge is 0.259 e. The fourth-order valence-electron chi connectivity index (χ4n) is 1.96. The lowest BCUT2D eigenvalue weighted by atomic mass is 10.2. The quantitative estimate of drug-likeness (QED) is 0.611. The molecule has 4 aromatic heterocycles. The molecule has 21 heavy (non-hydrogen) atoms. The highest BCUT2D eigenvalue weighted by molar-refractivity contribution is 7.17. The summed E-state index contributed by atoms with van der Waals surface area (Å²) in [6.07, 6.45) is 3.35. The third-order valence-electron chi connectivity index (χ3n) is 3.02. The summed E-state index contributed by atoms with van der Waals surface area (Å²) >= 11 is 1.63. The number of hydrogen-bond donors (Lipinski definition) is 1. The largest absolute Gasteiger partial charge is 0.384 e. The van der Waals surface area contributed by atoms with Crippen molar-refractivity contribution in [3.8, 4) is 22.8 Å². The molecule has 4 rings (SSSR count). The van der Waals surface area contributed by atoms with Gasteiger partial charge in [0.25, 0.3) is 5.89 Å². The summed E-state index contributed by atoms with van der Waals surface area (Å²) in [5.74, 6) is 1.36. The highest BCUT2D eigenvalue weighted by Crippen LogP contribution is 2.26. The number of fused-ring (bicyclic) bond motifs is 1. The summed E-state index contributed by atoms with van der Waals surface area (Å²) in [6.45, 7) is 0. The van der Waals surface area contributed by atoms with Crippen molar-refractivity contribution in [1.29, 1.82) is 0 Å². The molecule has 4 heterocycles. The minimum Gasteiger partial charge on any atom is -0.384 e. The first-order valence-corrected chi connectivity index (χ1v) is 7.07. The number of thiophene rings is 1. The van der Waals surface area contributed by atoms with E-state index in [1.165, 1.54) is 0 Å². The van der Waals surface area contributed by atoms with E-state index in [2.05, 4.69) is 20.1 Å². The predicted octanol–water partition coefficient (Wildman–Crippen LogP) is 2.99. The van der Waals surface area contributed by atoms with Crippen LogP contribution in [-0.2, 0) is 0 Å². The summed E-state index contributed by atoms with van der Waals surface area (Å²) < 4.78 is 6.36. The zero-order chi connectivity index (χ0) is 14.2. The third kappa shape index (κ3) is 2.13. The van der Waals surface area contributed by atoms with E-state index in [0.717, 1.165) is 21.3 Å². The number of anilines is 1. The lowest BCUT2D eigenvalue weighted by Crippen LogP contribution is -1.89. The number of nitrogens with zero attached hydrogens (tertiary/aromatic N) is 4. The number of aromatic nitrogens is 4. The van der Waals surface area contributed by atoms with E-state index in [0.29, 0.717) is 17.5 Å². The summed E-state index contributed by atoms with van der Waals surface area (Å²) in [5, 5.41) is 6.00. The first-order chi connectivity index (χ1) is 10.3. The molecular formula is C14H9N5OS. The van der Waals surface area contributed by atoms with Gasteiger partial charge in [-0.1, -0.05) is 5.16 Å². The minimum atomic E-state index is 0.406. The van der Waals surface area contributed by atoms with Crippen LogP contribution in [0.3, 0.4) is 0 Å². The molecule has 0 unspecified atom stereocenters. The van der Waals surface area contributed by atoms with Crippen LogP contribution in [0.5, 0.6) is 0 Å². The van der Waals surface area contributed by atoms with Gasteiger partial charge in [0.05, 0.1) is 15.8 Å². The third-order valence-corrected chi connectivity index (χ3v) is 3.87. The van der Waals surface area contributed by atoms with E-state index < -0.39 is 0 Å². The molecule has 0 aromatic carbocycles. The summed E-state index contributed by atoms with van der Waals surface area (Å²) in [5.41, 5.74) is 8.08. The van der Waals surface area contributed by atoms with Gasteiger partial charge >= 0.3 is 0 Å². The van der Waals surface area contributed by atoms with Crippen molar-refractivity contribution in [3.63, 3.8) is 0 Å². The Morgan fingerprint density at radius 3 is 2.81 bits per heavy atom. The van der Waals surface area contributed by atoms with Crippen LogP contribution < -0.4 is 5.73 Å². The van der Waals surface area contributed by atoms with E-state index in [-0.39, 0.29) is 0 Å². The molecule has 102 valence electrons. The van der Waals surface area contributed by atoms with Gasteiger partial charge in [-0.25, -0.2) is 4.98 Å². The highest BCUT2D eigenvalue weighted by Gasteiger charge is 2.12. The second-order valence-electron chi connectivity index (χ2n) is 4.42. The summed E-state index contributed by atoms with van der Waals surface area (Å²) in [6, 6.07) is 7.47. The molecule has 0 fully saturated rings. The zero-order valence-electron chi connectivity index (χ0n) is 10.7. The molecule has 2 N–H and O–H groups in total. The first-order valence-electron chi connectivity index (χ1n) is 6.19. The Kier molecular flexibility index (Phi) is 2.65. The second kappa shape index (κ2) is 4.64. The van der Waals surface area contributed by atoms with Gasteiger partial charge in [-0.05, 0) is 29.6 Å². The predicted molar refractivity (Wildman–Crippen MR) is 80.6 cm³/mol. The standard InChI is InChI=1S/C14H9N5OS/c15-12-2-1-8(6-17-12)14-18-13(19-20-14)9-5-11-10(16-7-9)3-4-21-11/h1-7H,(H2,15,17). The molecule has 6 nitrogen and oxygen atoms in total. The topological polar surface area (TPSA) is 90.7 Å². The van der Waals surface area contributed by atoms with E-state index in [1.807, 2.05) is 17.5 Å². The molecule has 0 amide bonds. The van der Waals surface area contributed by atoms with Crippen molar-refractivity contribution in [2.24, 2.45) is 0 Å². The van der Waals surface area contributed by atoms with Gasteiger partial charge in [0, 0.05) is 18.0 Å². The van der Waals surface area contributed by atoms with Gasteiger partial charge in [-0.3, -0.25) is 4.98 Å². The maximum absolute atomic E-state index is 5.56. The van der Waals surface area contributed by atoms with Gasteiger partial charge in [-0.15, -0.1) is 11.3 Å². The van der Waals surface area contributed by atoms with Gasteiger partial charge in [0.1, 0.15) is 5.82 Å². The molecule has 0 aliphatic rings. The molecule has 0 spiro atoms. The number of hydrogen-bond acceptors (Lipinski definition) is 7. The van der Waals surface area contributed by atoms with Crippen molar-refractivity contribution in [2.75, 3.05) is 5.73 Å². The number of nitrogen functional groups attached to an aromatic ring is 1. The van der Waals surface area contributed by atoms with Crippen molar-refractivity contribution in [1.82, 2.24) is 20.1 Å². The number of pyridine rings is 2. The fraction of sp³-hybridized carbons (Fsp3) is 0. The lowest BCUT2D eigenvalue weighted by Gasteiger charge is -1.94. The molecular weight excluding hydrogens is 286 g/mol. The van der Waals surface area contributed by atoms with Crippen LogP contribution in [0, 0.1) is 0 Å². The average molecular weight is 295 g/mol. The van der Waals surface area contributed by atoms with Crippen LogP contribution in [0.25, 0.3) is 33.1 Å². The molecule has 7 heteroatoms. The molecule has 0 atom stereocenters. The molecule has 0 saturated carbocycles. The van der Waals surface area contributed by atoms with E-state index in [1.54, 1.807) is 35.9 Å². The maximum Gasteiger partial charge on any atom is 0.259 e. The van der Waals surface area contributed by atoms with Gasteiger partial charge < -0.3 is 10.3 Å². The average Bonchev–Trinajstić information content (AvgIpc) is 3.16. The molecule has 0 saturated heterocycles. The Morgan fingerprint density at radius 2 is 1.95 bits per heavy atom. The van der Waals surface area contributed by atoms with Crippen LogP contribution in [0.4, 0.5) is 5.82 Å². The minimum absolute atomic E-state index is 0.406. The van der Waals surface area contributed by atoms with Crippen LogP contribution in [-0.4, -0.2) is 20.1 Å². The van der Waals surface area contributed by atoms with Crippen molar-refractivity contribution >= 4 is 27.4 Å². The van der Waals surface area contributed by atoms with Gasteiger partial charge in [-0.2, -0.15) is 4.98 Å². The van der Waals surface area contributed by atoms with Crippen LogP contribution in [0.1, 0.15) is 0 Å². The summed E-state index contributed by atoms with van der Waals surface area (Å²) in [7, 11) is 0.